The molecule has 2 N–H and O–H groups in total. The predicted molar refractivity (Wildman–Crippen MR) is 96.7 cm³/mol. The molecule has 0 unspecified atom stereocenters. The van der Waals surface area contributed by atoms with E-state index < -0.39 is 23.3 Å². The first-order valence-electron chi connectivity index (χ1n) is 7.92. The van der Waals surface area contributed by atoms with Crippen LogP contribution in [0.2, 0.25) is 5.02 Å². The summed E-state index contributed by atoms with van der Waals surface area (Å²) in [6.07, 6.45) is -1.21. The lowest BCUT2D eigenvalue weighted by Crippen LogP contribution is -2.29. The quantitative estimate of drug-likeness (QED) is 0.711. The Hall–Kier alpha value is -3.00. The predicted octanol–water partition coefficient (Wildman–Crippen LogP) is 3.44. The Morgan fingerprint density at radius 3 is 2.78 bits per heavy atom. The van der Waals surface area contributed by atoms with E-state index in [2.05, 4.69) is 10.3 Å². The van der Waals surface area contributed by atoms with Gasteiger partial charge in [0.2, 0.25) is 0 Å². The number of hydrogen-bond donors (Lipinski definition) is 2. The zero-order valence-corrected chi connectivity index (χ0v) is 14.8. The molecule has 27 heavy (non-hydrogen) atoms. The van der Waals surface area contributed by atoms with E-state index in [1.807, 2.05) is 0 Å². The van der Waals surface area contributed by atoms with Crippen LogP contribution in [0.1, 0.15) is 11.4 Å². The van der Waals surface area contributed by atoms with Crippen LogP contribution >= 0.6 is 11.6 Å². The standard InChI is InChI=1S/C18H14ClF2N3O3/c1-9-12(21)7-10(20)8-14(9)24-15(5-6-22-18(26)27)23-13-4-2-3-11(19)16(13)17(24)25/h2-4,7-8,22H,5-6H2,1H3,(H,26,27). The van der Waals surface area contributed by atoms with Crippen LogP contribution in [0, 0.1) is 18.6 Å². The smallest absolute Gasteiger partial charge is 0.404 e. The summed E-state index contributed by atoms with van der Waals surface area (Å²) in [6.45, 7) is 1.37. The number of carboxylic acid groups (broad SMARTS) is 1. The number of benzene rings is 2. The van der Waals surface area contributed by atoms with Gasteiger partial charge in [0.25, 0.3) is 5.56 Å². The molecule has 9 heteroatoms. The Morgan fingerprint density at radius 2 is 2.07 bits per heavy atom. The monoisotopic (exact) mass is 393 g/mol. The highest BCUT2D eigenvalue weighted by Gasteiger charge is 2.18. The van der Waals surface area contributed by atoms with Crippen molar-refractivity contribution in [3.63, 3.8) is 0 Å². The minimum absolute atomic E-state index is 0.0165. The van der Waals surface area contributed by atoms with Crippen molar-refractivity contribution < 1.29 is 18.7 Å². The molecule has 0 aliphatic heterocycles. The van der Waals surface area contributed by atoms with E-state index in [-0.39, 0.29) is 40.4 Å². The lowest BCUT2D eigenvalue weighted by atomic mass is 10.1. The highest BCUT2D eigenvalue weighted by atomic mass is 35.5. The first-order valence-corrected chi connectivity index (χ1v) is 8.30. The van der Waals surface area contributed by atoms with Crippen LogP contribution in [0.3, 0.4) is 0 Å². The van der Waals surface area contributed by atoms with Crippen LogP contribution in [-0.2, 0) is 6.42 Å². The number of amides is 1. The van der Waals surface area contributed by atoms with E-state index in [1.165, 1.54) is 13.0 Å². The lowest BCUT2D eigenvalue weighted by Gasteiger charge is -2.16. The van der Waals surface area contributed by atoms with Crippen LogP contribution in [0.15, 0.2) is 35.1 Å². The summed E-state index contributed by atoms with van der Waals surface area (Å²) in [5.41, 5.74) is -0.246. The van der Waals surface area contributed by atoms with Gasteiger partial charge < -0.3 is 10.4 Å². The first kappa shape index (κ1) is 18.8. The molecule has 0 aliphatic carbocycles. The van der Waals surface area contributed by atoms with Gasteiger partial charge in [-0.1, -0.05) is 17.7 Å². The van der Waals surface area contributed by atoms with Crippen molar-refractivity contribution in [2.24, 2.45) is 0 Å². The van der Waals surface area contributed by atoms with Crippen molar-refractivity contribution in [3.05, 3.63) is 68.7 Å². The fraction of sp³-hybridized carbons (Fsp3) is 0.167. The Labute approximate surface area is 157 Å². The van der Waals surface area contributed by atoms with Gasteiger partial charge in [0, 0.05) is 24.6 Å². The zero-order valence-electron chi connectivity index (χ0n) is 14.1. The molecule has 0 saturated carbocycles. The average molecular weight is 394 g/mol. The number of carbonyl (C=O) groups is 1. The van der Waals surface area contributed by atoms with Crippen molar-refractivity contribution >= 4 is 28.6 Å². The van der Waals surface area contributed by atoms with Crippen molar-refractivity contribution in [2.45, 2.75) is 13.3 Å². The number of nitrogens with one attached hydrogen (secondary N) is 1. The summed E-state index contributed by atoms with van der Waals surface area (Å²) < 4.78 is 28.9. The van der Waals surface area contributed by atoms with Crippen molar-refractivity contribution in [1.82, 2.24) is 14.9 Å². The van der Waals surface area contributed by atoms with Gasteiger partial charge in [0.15, 0.2) is 0 Å². The largest absolute Gasteiger partial charge is 0.465 e. The van der Waals surface area contributed by atoms with Gasteiger partial charge in [-0.05, 0) is 25.1 Å². The second-order valence-electron chi connectivity index (χ2n) is 5.82. The molecule has 0 spiro atoms. The van der Waals surface area contributed by atoms with E-state index in [0.717, 1.165) is 16.7 Å². The van der Waals surface area contributed by atoms with E-state index >= 15 is 0 Å². The van der Waals surface area contributed by atoms with Gasteiger partial charge >= 0.3 is 6.09 Å². The molecule has 0 radical (unpaired) electrons. The van der Waals surface area contributed by atoms with Crippen LogP contribution in [0.5, 0.6) is 0 Å². The molecule has 3 aromatic rings. The molecule has 0 aliphatic rings. The third-order valence-electron chi connectivity index (χ3n) is 4.06. The number of fused-ring (bicyclic) bond motifs is 1. The number of rotatable bonds is 4. The minimum atomic E-state index is -1.24. The number of hydrogen-bond acceptors (Lipinski definition) is 3. The van der Waals surface area contributed by atoms with Gasteiger partial charge in [-0.3, -0.25) is 9.36 Å². The molecule has 0 saturated heterocycles. The minimum Gasteiger partial charge on any atom is -0.465 e. The van der Waals surface area contributed by atoms with Gasteiger partial charge in [-0.2, -0.15) is 0 Å². The van der Waals surface area contributed by atoms with Crippen molar-refractivity contribution in [1.29, 1.82) is 0 Å². The van der Waals surface area contributed by atoms with Crippen LogP contribution in [0.4, 0.5) is 13.6 Å². The fourth-order valence-electron chi connectivity index (χ4n) is 2.80. The van der Waals surface area contributed by atoms with Crippen LogP contribution < -0.4 is 10.9 Å². The van der Waals surface area contributed by atoms with E-state index in [9.17, 15) is 18.4 Å². The topological polar surface area (TPSA) is 84.2 Å². The second kappa shape index (κ2) is 7.32. The molecular formula is C18H14ClF2N3O3. The van der Waals surface area contributed by atoms with Crippen molar-refractivity contribution in [3.8, 4) is 5.69 Å². The summed E-state index contributed by atoms with van der Waals surface area (Å²) in [7, 11) is 0. The van der Waals surface area contributed by atoms with E-state index in [4.69, 9.17) is 16.7 Å². The molecular weight excluding hydrogens is 380 g/mol. The molecule has 1 heterocycles. The Kier molecular flexibility index (Phi) is 5.09. The summed E-state index contributed by atoms with van der Waals surface area (Å²) in [5.74, 6) is -1.52. The van der Waals surface area contributed by atoms with Crippen LogP contribution in [-0.4, -0.2) is 27.3 Å². The molecule has 6 nitrogen and oxygen atoms in total. The molecule has 2 aromatic carbocycles. The maximum atomic E-state index is 14.0. The average Bonchev–Trinajstić information content (AvgIpc) is 2.58. The third kappa shape index (κ3) is 3.61. The van der Waals surface area contributed by atoms with Crippen molar-refractivity contribution in [2.75, 3.05) is 6.54 Å². The van der Waals surface area contributed by atoms with E-state index in [1.54, 1.807) is 12.1 Å². The fourth-order valence-corrected chi connectivity index (χ4v) is 3.05. The van der Waals surface area contributed by atoms with Gasteiger partial charge in [0.1, 0.15) is 17.5 Å². The van der Waals surface area contributed by atoms with Gasteiger partial charge in [0.05, 0.1) is 21.6 Å². The second-order valence-corrected chi connectivity index (χ2v) is 6.22. The Balaban J connectivity index is 2.31. The maximum Gasteiger partial charge on any atom is 0.404 e. The highest BCUT2D eigenvalue weighted by molar-refractivity contribution is 6.35. The Bertz CT molecular complexity index is 1120. The Morgan fingerprint density at radius 1 is 1.33 bits per heavy atom. The summed E-state index contributed by atoms with van der Waals surface area (Å²) in [4.78, 5) is 28.2. The summed E-state index contributed by atoms with van der Waals surface area (Å²) in [5, 5.41) is 11.2. The van der Waals surface area contributed by atoms with E-state index in [0.29, 0.717) is 5.52 Å². The first-order chi connectivity index (χ1) is 12.8. The normalized spacial score (nSPS) is 11.0. The van der Waals surface area contributed by atoms with Gasteiger partial charge in [-0.15, -0.1) is 0 Å². The molecule has 1 amide bonds. The third-order valence-corrected chi connectivity index (χ3v) is 4.38. The molecule has 140 valence electrons. The molecule has 3 rings (SSSR count). The SMILES string of the molecule is Cc1c(F)cc(F)cc1-n1c(CCNC(=O)O)nc2cccc(Cl)c2c1=O. The number of halogens is 3. The molecule has 0 bridgehead atoms. The zero-order chi connectivity index (χ0) is 19.7. The summed E-state index contributed by atoms with van der Waals surface area (Å²) >= 11 is 6.13. The lowest BCUT2D eigenvalue weighted by molar-refractivity contribution is 0.194. The maximum absolute atomic E-state index is 14.0. The number of nitrogens with zero attached hydrogens (tertiary/aromatic N) is 2. The summed E-state index contributed by atoms with van der Waals surface area (Å²) in [6, 6.07) is 6.46. The van der Waals surface area contributed by atoms with Gasteiger partial charge in [-0.25, -0.2) is 18.6 Å². The molecule has 0 atom stereocenters. The highest BCUT2D eigenvalue weighted by Crippen LogP contribution is 2.23. The molecule has 0 fully saturated rings. The molecule has 1 aromatic heterocycles. The van der Waals surface area contributed by atoms with Crippen LogP contribution in [0.25, 0.3) is 16.6 Å². The number of aromatic nitrogens is 2.